The van der Waals surface area contributed by atoms with Crippen LogP contribution in [0.5, 0.6) is 0 Å². The van der Waals surface area contributed by atoms with Gasteiger partial charge >= 0.3 is 6.18 Å². The van der Waals surface area contributed by atoms with Gasteiger partial charge in [0.05, 0.1) is 11.7 Å². The molecule has 0 spiro atoms. The molecule has 1 aromatic carbocycles. The van der Waals surface area contributed by atoms with Gasteiger partial charge in [-0.3, -0.25) is 4.79 Å². The van der Waals surface area contributed by atoms with Crippen LogP contribution < -0.4 is 0 Å². The van der Waals surface area contributed by atoms with Crippen molar-refractivity contribution in [1.29, 1.82) is 0 Å². The maximum atomic E-state index is 12.9. The fourth-order valence-corrected chi connectivity index (χ4v) is 2.76. The molecule has 20 heavy (non-hydrogen) atoms. The molecule has 1 amide bonds. The molecule has 3 nitrogen and oxygen atoms in total. The van der Waals surface area contributed by atoms with Crippen LogP contribution in [-0.4, -0.2) is 35.1 Å². The molecule has 2 fully saturated rings. The second-order valence-corrected chi connectivity index (χ2v) is 5.43. The Balaban J connectivity index is 1.75. The van der Waals surface area contributed by atoms with Gasteiger partial charge in [-0.25, -0.2) is 0 Å². The highest BCUT2D eigenvalue weighted by Gasteiger charge is 2.50. The molecule has 0 bridgehead atoms. The summed E-state index contributed by atoms with van der Waals surface area (Å²) in [5.41, 5.74) is -0.441. The predicted octanol–water partition coefficient (Wildman–Crippen LogP) is 2.01. The molecule has 0 radical (unpaired) electrons. The van der Waals surface area contributed by atoms with E-state index in [4.69, 9.17) is 5.11 Å². The van der Waals surface area contributed by atoms with Crippen LogP contribution in [0.2, 0.25) is 0 Å². The average Bonchev–Trinajstić information content (AvgIpc) is 3.13. The summed E-state index contributed by atoms with van der Waals surface area (Å²) in [4.78, 5) is 13.5. The first-order chi connectivity index (χ1) is 9.38. The first kappa shape index (κ1) is 13.4. The molecule has 108 valence electrons. The van der Waals surface area contributed by atoms with Crippen LogP contribution >= 0.6 is 0 Å². The third kappa shape index (κ3) is 2.28. The standard InChI is InChI=1S/C14H14F3NO2/c15-14(16,17)12-4-2-1-3-9(12)10-5-11(10)13(20)18-6-8(19)7-18/h1-4,8,10-11,19H,5-7H2. The van der Waals surface area contributed by atoms with Crippen molar-refractivity contribution in [1.82, 2.24) is 4.90 Å². The third-order valence-corrected chi connectivity index (χ3v) is 3.95. The molecule has 1 heterocycles. The van der Waals surface area contributed by atoms with Gasteiger partial charge in [0.1, 0.15) is 0 Å². The molecule has 1 aromatic rings. The Labute approximate surface area is 114 Å². The van der Waals surface area contributed by atoms with E-state index in [1.165, 1.54) is 17.0 Å². The van der Waals surface area contributed by atoms with Gasteiger partial charge in [0.15, 0.2) is 0 Å². The molecule has 1 aliphatic heterocycles. The fourth-order valence-electron chi connectivity index (χ4n) is 2.76. The number of amides is 1. The normalized spacial score (nSPS) is 26.3. The Morgan fingerprint density at radius 1 is 1.25 bits per heavy atom. The molecule has 2 aliphatic rings. The largest absolute Gasteiger partial charge is 0.416 e. The monoisotopic (exact) mass is 285 g/mol. The van der Waals surface area contributed by atoms with Crippen molar-refractivity contribution in [3.05, 3.63) is 35.4 Å². The van der Waals surface area contributed by atoms with Crippen LogP contribution in [-0.2, 0) is 11.0 Å². The number of halogens is 3. The van der Waals surface area contributed by atoms with E-state index in [1.807, 2.05) is 0 Å². The van der Waals surface area contributed by atoms with Crippen molar-refractivity contribution in [2.45, 2.75) is 24.6 Å². The number of aliphatic hydroxyl groups is 1. The Morgan fingerprint density at radius 2 is 1.90 bits per heavy atom. The number of alkyl halides is 3. The quantitative estimate of drug-likeness (QED) is 0.903. The van der Waals surface area contributed by atoms with Crippen LogP contribution in [0.3, 0.4) is 0 Å². The molecule has 1 saturated carbocycles. The summed E-state index contributed by atoms with van der Waals surface area (Å²) >= 11 is 0. The first-order valence-corrected chi connectivity index (χ1v) is 6.51. The van der Waals surface area contributed by atoms with Gasteiger partial charge in [0.2, 0.25) is 5.91 Å². The van der Waals surface area contributed by atoms with Gasteiger partial charge in [0, 0.05) is 19.0 Å². The Hall–Kier alpha value is -1.56. The van der Waals surface area contributed by atoms with E-state index in [1.54, 1.807) is 6.07 Å². The van der Waals surface area contributed by atoms with Gasteiger partial charge in [-0.1, -0.05) is 18.2 Å². The molecule has 1 N–H and O–H groups in total. The van der Waals surface area contributed by atoms with Crippen molar-refractivity contribution in [3.8, 4) is 0 Å². The smallest absolute Gasteiger partial charge is 0.389 e. The van der Waals surface area contributed by atoms with Crippen LogP contribution in [0.4, 0.5) is 13.2 Å². The number of aliphatic hydroxyl groups excluding tert-OH is 1. The van der Waals surface area contributed by atoms with Gasteiger partial charge in [-0.2, -0.15) is 13.2 Å². The maximum absolute atomic E-state index is 12.9. The summed E-state index contributed by atoms with van der Waals surface area (Å²) < 4.78 is 38.8. The molecule has 3 rings (SSSR count). The highest BCUT2D eigenvalue weighted by Crippen LogP contribution is 2.52. The summed E-state index contributed by atoms with van der Waals surface area (Å²) in [5.74, 6) is -0.860. The highest BCUT2D eigenvalue weighted by atomic mass is 19.4. The number of likely N-dealkylation sites (tertiary alicyclic amines) is 1. The minimum absolute atomic E-state index is 0.141. The van der Waals surface area contributed by atoms with Gasteiger partial charge in [-0.05, 0) is 24.0 Å². The lowest BCUT2D eigenvalue weighted by Gasteiger charge is -2.36. The van der Waals surface area contributed by atoms with Crippen LogP contribution in [0.25, 0.3) is 0 Å². The van der Waals surface area contributed by atoms with Crippen LogP contribution in [0, 0.1) is 5.92 Å². The van der Waals surface area contributed by atoms with Crippen molar-refractivity contribution in [2.75, 3.05) is 13.1 Å². The maximum Gasteiger partial charge on any atom is 0.416 e. The van der Waals surface area contributed by atoms with E-state index < -0.39 is 17.8 Å². The Bertz CT molecular complexity index is 537. The summed E-state index contributed by atoms with van der Waals surface area (Å²) in [7, 11) is 0. The molecule has 1 aliphatic carbocycles. The van der Waals surface area contributed by atoms with Gasteiger partial charge in [0.25, 0.3) is 0 Å². The molecule has 2 unspecified atom stereocenters. The molecule has 0 aromatic heterocycles. The lowest BCUT2D eigenvalue weighted by Crippen LogP contribution is -2.54. The molecule has 2 atom stereocenters. The minimum atomic E-state index is -4.39. The number of carbonyl (C=O) groups excluding carboxylic acids is 1. The van der Waals surface area contributed by atoms with E-state index in [-0.39, 0.29) is 23.3 Å². The minimum Gasteiger partial charge on any atom is -0.389 e. The summed E-state index contributed by atoms with van der Waals surface area (Å²) in [5, 5.41) is 9.16. The number of carbonyl (C=O) groups is 1. The van der Waals surface area contributed by atoms with E-state index in [0.717, 1.165) is 6.07 Å². The van der Waals surface area contributed by atoms with Crippen molar-refractivity contribution < 1.29 is 23.1 Å². The van der Waals surface area contributed by atoms with Crippen LogP contribution in [0.1, 0.15) is 23.5 Å². The van der Waals surface area contributed by atoms with E-state index in [9.17, 15) is 18.0 Å². The first-order valence-electron chi connectivity index (χ1n) is 6.51. The van der Waals surface area contributed by atoms with Crippen molar-refractivity contribution in [3.63, 3.8) is 0 Å². The zero-order valence-corrected chi connectivity index (χ0v) is 10.6. The topological polar surface area (TPSA) is 40.5 Å². The second-order valence-electron chi connectivity index (χ2n) is 5.43. The molecular weight excluding hydrogens is 271 g/mol. The average molecular weight is 285 g/mol. The molecular formula is C14H14F3NO2. The van der Waals surface area contributed by atoms with Gasteiger partial charge in [-0.15, -0.1) is 0 Å². The van der Waals surface area contributed by atoms with E-state index in [2.05, 4.69) is 0 Å². The second kappa shape index (κ2) is 4.48. The number of rotatable bonds is 2. The predicted molar refractivity (Wildman–Crippen MR) is 64.9 cm³/mol. The summed E-state index contributed by atoms with van der Waals surface area (Å²) in [6, 6.07) is 5.43. The zero-order chi connectivity index (χ0) is 14.5. The number of nitrogens with zero attached hydrogens (tertiary/aromatic N) is 1. The highest BCUT2D eigenvalue weighted by molar-refractivity contribution is 5.84. The summed E-state index contributed by atoms with van der Waals surface area (Å²) in [6.07, 6.45) is -4.42. The zero-order valence-electron chi connectivity index (χ0n) is 10.6. The van der Waals surface area contributed by atoms with E-state index in [0.29, 0.717) is 19.5 Å². The number of benzene rings is 1. The summed E-state index contributed by atoms with van der Waals surface area (Å²) in [6.45, 7) is 0.589. The molecule has 6 heteroatoms. The van der Waals surface area contributed by atoms with Crippen molar-refractivity contribution in [2.24, 2.45) is 5.92 Å². The number of hydrogen-bond acceptors (Lipinski definition) is 2. The fraction of sp³-hybridized carbons (Fsp3) is 0.500. The van der Waals surface area contributed by atoms with Crippen molar-refractivity contribution >= 4 is 5.91 Å². The van der Waals surface area contributed by atoms with Gasteiger partial charge < -0.3 is 10.0 Å². The van der Waals surface area contributed by atoms with E-state index >= 15 is 0 Å². The molecule has 1 saturated heterocycles. The lowest BCUT2D eigenvalue weighted by atomic mass is 10.0. The Morgan fingerprint density at radius 3 is 2.50 bits per heavy atom. The number of hydrogen-bond donors (Lipinski definition) is 1. The lowest BCUT2D eigenvalue weighted by molar-refractivity contribution is -0.143. The Kier molecular flexibility index (Phi) is 3.01. The van der Waals surface area contributed by atoms with Crippen LogP contribution in [0.15, 0.2) is 24.3 Å². The third-order valence-electron chi connectivity index (χ3n) is 3.95. The SMILES string of the molecule is O=C(C1CC1c1ccccc1C(F)(F)F)N1CC(O)C1. The number of β-amino-alcohol motifs (C(OH)–C–C–N with tert-alkyl or cyclic N) is 1.